The summed E-state index contributed by atoms with van der Waals surface area (Å²) in [5, 5.41) is 4.09. The van der Waals surface area contributed by atoms with Gasteiger partial charge in [0.1, 0.15) is 6.33 Å². The third-order valence-electron chi connectivity index (χ3n) is 7.26. The van der Waals surface area contributed by atoms with Crippen molar-refractivity contribution in [3.8, 4) is 11.3 Å². The molecule has 0 saturated carbocycles. The number of carbonyl (C=O) groups excluding carboxylic acids is 1. The summed E-state index contributed by atoms with van der Waals surface area (Å²) in [6, 6.07) is 17.4. The first kappa shape index (κ1) is 21.6. The van der Waals surface area contributed by atoms with Crippen molar-refractivity contribution < 1.29 is 9.73 Å². The van der Waals surface area contributed by atoms with Crippen molar-refractivity contribution in [2.24, 2.45) is 5.84 Å². The Morgan fingerprint density at radius 1 is 1.17 bits per heavy atom. The molecule has 1 amide bonds. The second kappa shape index (κ2) is 8.68. The number of fused-ring (bicyclic) bond motifs is 5. The average molecular weight is 470 g/mol. The molecule has 9 heteroatoms. The van der Waals surface area contributed by atoms with Crippen LogP contribution in [-0.4, -0.2) is 33.6 Å². The zero-order valence-electron chi connectivity index (χ0n) is 19.4. The maximum Gasteiger partial charge on any atom is 0.273 e. The van der Waals surface area contributed by atoms with E-state index in [1.165, 1.54) is 28.6 Å². The summed E-state index contributed by atoms with van der Waals surface area (Å²) < 4.78 is 0. The Labute approximate surface area is 203 Å². The lowest BCUT2D eigenvalue weighted by Gasteiger charge is -2.41. The fraction of sp³-hybridized carbons (Fsp3) is 0.269. The largest absolute Gasteiger partial charge is 0.364 e. The number of hydrogen-bond donors (Lipinski definition) is 3. The smallest absolute Gasteiger partial charge is 0.273 e. The number of nitrogens with zero attached hydrogens (tertiary/aromatic N) is 4. The maximum atomic E-state index is 12.8. The fourth-order valence-electron chi connectivity index (χ4n) is 5.52. The first-order valence-corrected chi connectivity index (χ1v) is 11.8. The number of hydrogen-bond acceptors (Lipinski definition) is 8. The molecule has 3 aromatic rings. The van der Waals surface area contributed by atoms with Gasteiger partial charge in [-0.15, -0.1) is 4.94 Å². The van der Waals surface area contributed by atoms with Crippen molar-refractivity contribution in [1.29, 1.82) is 0 Å². The number of amides is 1. The number of nitrogens with one attached hydrogen (secondary N) is 2. The first-order chi connectivity index (χ1) is 17.1. The third-order valence-corrected chi connectivity index (χ3v) is 7.26. The van der Waals surface area contributed by atoms with Crippen LogP contribution in [0.25, 0.3) is 11.3 Å². The van der Waals surface area contributed by atoms with Gasteiger partial charge in [-0.1, -0.05) is 37.3 Å². The van der Waals surface area contributed by atoms with Crippen molar-refractivity contribution in [2.75, 3.05) is 11.4 Å². The number of hydrazine groups is 1. The summed E-state index contributed by atoms with van der Waals surface area (Å²) >= 11 is 0. The number of hydroxylamine groups is 2. The van der Waals surface area contributed by atoms with Crippen LogP contribution >= 0.6 is 0 Å². The summed E-state index contributed by atoms with van der Waals surface area (Å²) in [6.07, 6.45) is 6.45. The van der Waals surface area contributed by atoms with Gasteiger partial charge in [-0.2, -0.15) is 5.17 Å². The molecule has 3 atom stereocenters. The molecular weight excluding hydrogens is 442 g/mol. The molecule has 0 bridgehead atoms. The zero-order chi connectivity index (χ0) is 23.9. The molecule has 0 spiro atoms. The number of nitrogens with two attached hydrogens (primary N) is 1. The highest BCUT2D eigenvalue weighted by molar-refractivity contribution is 5.92. The highest BCUT2D eigenvalue weighted by Crippen LogP contribution is 2.47. The first-order valence-electron chi connectivity index (χ1n) is 11.8. The van der Waals surface area contributed by atoms with Crippen LogP contribution in [0.15, 0.2) is 73.0 Å². The second-order valence-electron chi connectivity index (χ2n) is 9.19. The topological polar surface area (TPSA) is 109 Å². The number of rotatable bonds is 3. The van der Waals surface area contributed by atoms with Gasteiger partial charge in [-0.25, -0.2) is 21.3 Å². The SMILES string of the molecule is C[C@@H]1c2ccccc2[C@H]2C[C@H](NC(=O)C3=CNON3N)CCN2c2ccc(-c3ccncn3)cc21. The number of benzene rings is 2. The van der Waals surface area contributed by atoms with E-state index >= 15 is 0 Å². The lowest BCUT2D eigenvalue weighted by Crippen LogP contribution is -2.48. The van der Waals surface area contributed by atoms with Crippen LogP contribution in [0.4, 0.5) is 5.69 Å². The Bertz CT molecular complexity index is 1300. The van der Waals surface area contributed by atoms with Gasteiger partial charge in [0, 0.05) is 36.0 Å². The van der Waals surface area contributed by atoms with E-state index in [0.717, 1.165) is 35.8 Å². The number of anilines is 1. The van der Waals surface area contributed by atoms with Crippen LogP contribution in [0.1, 0.15) is 48.4 Å². The van der Waals surface area contributed by atoms with E-state index in [0.29, 0.717) is 0 Å². The van der Waals surface area contributed by atoms with Crippen LogP contribution in [0.3, 0.4) is 0 Å². The molecule has 1 fully saturated rings. The summed E-state index contributed by atoms with van der Waals surface area (Å²) in [5.74, 6) is 5.67. The summed E-state index contributed by atoms with van der Waals surface area (Å²) in [6.45, 7) is 3.10. The van der Waals surface area contributed by atoms with Gasteiger partial charge >= 0.3 is 0 Å². The molecule has 3 aliphatic rings. The van der Waals surface area contributed by atoms with Gasteiger partial charge in [0.05, 0.1) is 17.9 Å². The summed E-state index contributed by atoms with van der Waals surface area (Å²) in [4.78, 5) is 28.7. The number of piperidine rings is 1. The summed E-state index contributed by atoms with van der Waals surface area (Å²) in [5.41, 5.74) is 9.91. The van der Waals surface area contributed by atoms with Gasteiger partial charge in [0.25, 0.3) is 5.91 Å². The molecule has 9 nitrogen and oxygen atoms in total. The van der Waals surface area contributed by atoms with E-state index in [1.807, 2.05) is 6.07 Å². The Hall–Kier alpha value is -3.95. The van der Waals surface area contributed by atoms with E-state index < -0.39 is 0 Å². The quantitative estimate of drug-likeness (QED) is 0.503. The van der Waals surface area contributed by atoms with E-state index in [2.05, 4.69) is 75.1 Å². The van der Waals surface area contributed by atoms with Gasteiger partial charge < -0.3 is 10.2 Å². The Morgan fingerprint density at radius 2 is 2.03 bits per heavy atom. The molecule has 4 N–H and O–H groups in total. The molecule has 178 valence electrons. The van der Waals surface area contributed by atoms with E-state index in [1.54, 1.807) is 12.5 Å². The minimum atomic E-state index is -0.249. The predicted octanol–water partition coefficient (Wildman–Crippen LogP) is 2.90. The minimum absolute atomic E-state index is 0.0175. The third kappa shape index (κ3) is 3.78. The Morgan fingerprint density at radius 3 is 2.80 bits per heavy atom. The average Bonchev–Trinajstić information content (AvgIpc) is 3.30. The fourth-order valence-corrected chi connectivity index (χ4v) is 5.52. The lowest BCUT2D eigenvalue weighted by atomic mass is 9.86. The molecule has 0 radical (unpaired) electrons. The molecule has 3 aliphatic heterocycles. The van der Waals surface area contributed by atoms with Crippen molar-refractivity contribution in [2.45, 2.75) is 37.8 Å². The molecular formula is C26H27N7O2. The van der Waals surface area contributed by atoms with Crippen molar-refractivity contribution in [1.82, 2.24) is 25.9 Å². The van der Waals surface area contributed by atoms with Gasteiger partial charge in [0.15, 0.2) is 5.70 Å². The predicted molar refractivity (Wildman–Crippen MR) is 131 cm³/mol. The van der Waals surface area contributed by atoms with Crippen LogP contribution in [0.2, 0.25) is 0 Å². The molecule has 35 heavy (non-hydrogen) atoms. The van der Waals surface area contributed by atoms with Crippen molar-refractivity contribution in [3.05, 3.63) is 89.6 Å². The van der Waals surface area contributed by atoms with Gasteiger partial charge in [-0.3, -0.25) is 4.79 Å². The molecule has 6 rings (SSSR count). The summed E-state index contributed by atoms with van der Waals surface area (Å²) in [7, 11) is 0. The van der Waals surface area contributed by atoms with E-state index in [-0.39, 0.29) is 29.6 Å². The number of carbonyl (C=O) groups is 1. The van der Waals surface area contributed by atoms with Crippen LogP contribution in [0.5, 0.6) is 0 Å². The van der Waals surface area contributed by atoms with Crippen LogP contribution in [0, 0.1) is 0 Å². The van der Waals surface area contributed by atoms with Crippen molar-refractivity contribution >= 4 is 11.6 Å². The monoisotopic (exact) mass is 469 g/mol. The lowest BCUT2D eigenvalue weighted by molar-refractivity contribution is -0.159. The van der Waals surface area contributed by atoms with E-state index in [9.17, 15) is 4.79 Å². The van der Waals surface area contributed by atoms with Gasteiger partial charge in [-0.05, 0) is 47.7 Å². The Kier molecular flexibility index (Phi) is 5.35. The Balaban J connectivity index is 1.35. The molecule has 4 heterocycles. The van der Waals surface area contributed by atoms with Gasteiger partial charge in [0.2, 0.25) is 0 Å². The highest BCUT2D eigenvalue weighted by Gasteiger charge is 2.37. The highest BCUT2D eigenvalue weighted by atomic mass is 16.8. The molecule has 1 saturated heterocycles. The maximum absolute atomic E-state index is 12.8. The molecule has 0 unspecified atom stereocenters. The molecule has 0 aliphatic carbocycles. The van der Waals surface area contributed by atoms with E-state index in [4.69, 9.17) is 10.8 Å². The normalized spacial score (nSPS) is 22.8. The van der Waals surface area contributed by atoms with Crippen LogP contribution < -0.4 is 21.5 Å². The second-order valence-corrected chi connectivity index (χ2v) is 9.19. The molecule has 1 aromatic heterocycles. The molecule has 2 aromatic carbocycles. The zero-order valence-corrected chi connectivity index (χ0v) is 19.4. The van der Waals surface area contributed by atoms with Crippen molar-refractivity contribution in [3.63, 3.8) is 0 Å². The standard InChI is InChI=1S/C26H27N7O2/c1-16-19-4-2-3-5-20(19)24-13-18(31-26(34)25-14-30-35-33(25)27)9-11-32(24)23-7-6-17(12-21(16)23)22-8-10-28-15-29-22/h2-8,10,12,14-16,18,24,30H,9,11,13,27H2,1H3,(H,31,34)/t16-,18-,24-/m1/s1. The minimum Gasteiger partial charge on any atom is -0.364 e. The number of aromatic nitrogens is 2. The van der Waals surface area contributed by atoms with Crippen LogP contribution in [-0.2, 0) is 9.73 Å².